The molecule has 3 N–H and O–H groups in total. The maximum absolute atomic E-state index is 13.7. The van der Waals surface area contributed by atoms with Crippen LogP contribution in [0.4, 0.5) is 10.2 Å². The summed E-state index contributed by atoms with van der Waals surface area (Å²) in [5.74, 6) is -1.10. The Morgan fingerprint density at radius 2 is 1.79 bits per heavy atom. The van der Waals surface area contributed by atoms with Gasteiger partial charge in [0.1, 0.15) is 11.5 Å². The van der Waals surface area contributed by atoms with Crippen LogP contribution in [0.2, 0.25) is 0 Å². The second-order valence-corrected chi connectivity index (χ2v) is 6.64. The number of benzene rings is 2. The molecule has 1 aromatic heterocycles. The van der Waals surface area contributed by atoms with Crippen LogP contribution in [-0.2, 0) is 4.74 Å². The molecule has 1 fully saturated rings. The number of ether oxygens (including phenoxy) is 1. The van der Waals surface area contributed by atoms with Gasteiger partial charge in [0.2, 0.25) is 0 Å². The summed E-state index contributed by atoms with van der Waals surface area (Å²) in [7, 11) is 0. The van der Waals surface area contributed by atoms with E-state index in [0.29, 0.717) is 48.8 Å². The summed E-state index contributed by atoms with van der Waals surface area (Å²) in [6.45, 7) is 2.25. The zero-order valence-corrected chi connectivity index (χ0v) is 15.5. The summed E-state index contributed by atoms with van der Waals surface area (Å²) >= 11 is 0. The topological polar surface area (TPSA) is 102 Å². The fourth-order valence-electron chi connectivity index (χ4n) is 3.14. The number of amides is 1. The number of aromatic nitrogens is 2. The lowest BCUT2D eigenvalue weighted by atomic mass is 10.1. The largest absolute Gasteiger partial charge is 0.505 e. The first-order valence-electron chi connectivity index (χ1n) is 9.12. The quantitative estimate of drug-likeness (QED) is 0.708. The van der Waals surface area contributed by atoms with Crippen molar-refractivity contribution in [2.75, 3.05) is 32.0 Å². The zero-order valence-electron chi connectivity index (χ0n) is 15.5. The highest BCUT2D eigenvalue weighted by Crippen LogP contribution is 2.29. The lowest BCUT2D eigenvalue weighted by Crippen LogP contribution is -2.40. The molecule has 0 radical (unpaired) electrons. The number of aromatic hydroxyl groups is 1. The van der Waals surface area contributed by atoms with Crippen molar-refractivity contribution < 1.29 is 19.0 Å². The molecule has 0 unspecified atom stereocenters. The maximum atomic E-state index is 13.7. The van der Waals surface area contributed by atoms with Gasteiger partial charge in [-0.1, -0.05) is 12.1 Å². The standard InChI is InChI=1S/C21H19FN4O3/c22-16-11-15(5-6-18(16)27)19-20(23)24-12-17(25-19)13-1-3-14(4-2-13)21(28)26-7-9-29-10-8-26/h1-6,11-12,27H,7-10H2,(H2,23,24). The number of morpholine rings is 1. The SMILES string of the molecule is Nc1ncc(-c2ccc(C(=O)N3CCOCC3)cc2)nc1-c1ccc(O)c(F)c1. The van der Waals surface area contributed by atoms with Crippen LogP contribution in [-0.4, -0.2) is 52.2 Å². The van der Waals surface area contributed by atoms with Crippen LogP contribution in [0.1, 0.15) is 10.4 Å². The van der Waals surface area contributed by atoms with Crippen molar-refractivity contribution in [2.45, 2.75) is 0 Å². The molecule has 29 heavy (non-hydrogen) atoms. The summed E-state index contributed by atoms with van der Waals surface area (Å²) in [5.41, 5.74) is 8.50. The zero-order chi connectivity index (χ0) is 20.4. The number of halogens is 1. The van der Waals surface area contributed by atoms with Gasteiger partial charge >= 0.3 is 0 Å². The van der Waals surface area contributed by atoms with Crippen LogP contribution in [0, 0.1) is 5.82 Å². The Bertz CT molecular complexity index is 1050. The van der Waals surface area contributed by atoms with Gasteiger partial charge in [0.25, 0.3) is 5.91 Å². The molecule has 0 saturated carbocycles. The third-order valence-corrected chi connectivity index (χ3v) is 4.75. The number of nitrogens with two attached hydrogens (primary N) is 1. The van der Waals surface area contributed by atoms with Crippen molar-refractivity contribution in [3.8, 4) is 28.3 Å². The average Bonchev–Trinajstić information content (AvgIpc) is 2.76. The number of hydrogen-bond donors (Lipinski definition) is 2. The Kier molecular flexibility index (Phi) is 5.09. The Balaban J connectivity index is 1.61. The Hall–Kier alpha value is -3.52. The average molecular weight is 394 g/mol. The molecule has 2 heterocycles. The number of phenolic OH excluding ortho intramolecular Hbond substituents is 1. The van der Waals surface area contributed by atoms with Crippen LogP contribution in [0.3, 0.4) is 0 Å². The van der Waals surface area contributed by atoms with Gasteiger partial charge < -0.3 is 20.5 Å². The molecule has 3 aromatic rings. The minimum atomic E-state index is -0.764. The molecule has 0 atom stereocenters. The Morgan fingerprint density at radius 3 is 2.48 bits per heavy atom. The van der Waals surface area contributed by atoms with E-state index in [1.807, 2.05) is 0 Å². The van der Waals surface area contributed by atoms with E-state index in [2.05, 4.69) is 9.97 Å². The second kappa shape index (κ2) is 7.84. The molecular weight excluding hydrogens is 375 g/mol. The van der Waals surface area contributed by atoms with Crippen LogP contribution in [0.15, 0.2) is 48.7 Å². The predicted molar refractivity (Wildman–Crippen MR) is 106 cm³/mol. The van der Waals surface area contributed by atoms with E-state index in [9.17, 15) is 14.3 Å². The van der Waals surface area contributed by atoms with Crippen LogP contribution < -0.4 is 5.73 Å². The first-order valence-corrected chi connectivity index (χ1v) is 9.12. The van der Waals surface area contributed by atoms with Crippen molar-refractivity contribution in [3.63, 3.8) is 0 Å². The normalized spacial score (nSPS) is 14.0. The van der Waals surface area contributed by atoms with E-state index in [-0.39, 0.29) is 11.7 Å². The van der Waals surface area contributed by atoms with Crippen molar-refractivity contribution in [1.29, 1.82) is 0 Å². The minimum absolute atomic E-state index is 0.0384. The van der Waals surface area contributed by atoms with Gasteiger partial charge in [-0.15, -0.1) is 0 Å². The van der Waals surface area contributed by atoms with Gasteiger partial charge in [-0.2, -0.15) is 0 Å². The van der Waals surface area contributed by atoms with Crippen LogP contribution in [0.25, 0.3) is 22.5 Å². The van der Waals surface area contributed by atoms with Crippen LogP contribution >= 0.6 is 0 Å². The maximum Gasteiger partial charge on any atom is 0.254 e. The minimum Gasteiger partial charge on any atom is -0.505 e. The third-order valence-electron chi connectivity index (χ3n) is 4.75. The number of anilines is 1. The molecule has 0 bridgehead atoms. The van der Waals surface area contributed by atoms with Gasteiger partial charge in [0, 0.05) is 29.8 Å². The van der Waals surface area contributed by atoms with Crippen molar-refractivity contribution >= 4 is 11.7 Å². The summed E-state index contributed by atoms with van der Waals surface area (Å²) in [4.78, 5) is 23.0. The first-order chi connectivity index (χ1) is 14.0. The number of rotatable bonds is 3. The van der Waals surface area contributed by atoms with E-state index in [0.717, 1.165) is 11.6 Å². The van der Waals surface area contributed by atoms with Gasteiger partial charge in [-0.3, -0.25) is 4.79 Å². The van der Waals surface area contributed by atoms with E-state index in [1.165, 1.54) is 18.3 Å². The second-order valence-electron chi connectivity index (χ2n) is 6.64. The smallest absolute Gasteiger partial charge is 0.254 e. The Morgan fingerprint density at radius 1 is 1.10 bits per heavy atom. The van der Waals surface area contributed by atoms with Crippen molar-refractivity contribution in [2.24, 2.45) is 0 Å². The first kappa shape index (κ1) is 18.8. The molecule has 0 aliphatic carbocycles. The Labute approximate surface area is 166 Å². The number of phenols is 1. The molecule has 7 nitrogen and oxygen atoms in total. The lowest BCUT2D eigenvalue weighted by Gasteiger charge is -2.26. The highest BCUT2D eigenvalue weighted by atomic mass is 19.1. The van der Waals surface area contributed by atoms with E-state index < -0.39 is 11.6 Å². The molecular formula is C21H19FN4O3. The molecule has 4 rings (SSSR count). The fourth-order valence-corrected chi connectivity index (χ4v) is 3.14. The number of carbonyl (C=O) groups excluding carboxylic acids is 1. The number of nitrogens with zero attached hydrogens (tertiary/aromatic N) is 3. The van der Waals surface area contributed by atoms with Crippen LogP contribution in [0.5, 0.6) is 5.75 Å². The predicted octanol–water partition coefficient (Wildman–Crippen LogP) is 2.71. The molecule has 1 amide bonds. The van der Waals surface area contributed by atoms with Gasteiger partial charge in [-0.25, -0.2) is 14.4 Å². The summed E-state index contributed by atoms with van der Waals surface area (Å²) in [5, 5.41) is 9.38. The van der Waals surface area contributed by atoms with Gasteiger partial charge in [0.15, 0.2) is 11.6 Å². The van der Waals surface area contributed by atoms with E-state index in [1.54, 1.807) is 29.2 Å². The van der Waals surface area contributed by atoms with E-state index in [4.69, 9.17) is 10.5 Å². The van der Waals surface area contributed by atoms with E-state index >= 15 is 0 Å². The monoisotopic (exact) mass is 394 g/mol. The number of carbonyl (C=O) groups is 1. The molecule has 2 aromatic carbocycles. The molecule has 8 heteroatoms. The highest BCUT2D eigenvalue weighted by molar-refractivity contribution is 5.94. The molecule has 148 valence electrons. The van der Waals surface area contributed by atoms with Gasteiger partial charge in [0.05, 0.1) is 25.1 Å². The third kappa shape index (κ3) is 3.88. The molecule has 1 aliphatic heterocycles. The van der Waals surface area contributed by atoms with Crippen molar-refractivity contribution in [3.05, 3.63) is 60.0 Å². The molecule has 1 saturated heterocycles. The fraction of sp³-hybridized carbons (Fsp3) is 0.190. The summed E-state index contributed by atoms with van der Waals surface area (Å²) in [6.07, 6.45) is 1.52. The number of nitrogen functional groups attached to an aromatic ring is 1. The van der Waals surface area contributed by atoms with Crippen molar-refractivity contribution in [1.82, 2.24) is 14.9 Å². The summed E-state index contributed by atoms with van der Waals surface area (Å²) < 4.78 is 19.0. The molecule has 1 aliphatic rings. The number of hydrogen-bond acceptors (Lipinski definition) is 6. The summed E-state index contributed by atoms with van der Waals surface area (Å²) in [6, 6.07) is 11.0. The highest BCUT2D eigenvalue weighted by Gasteiger charge is 2.18. The lowest BCUT2D eigenvalue weighted by molar-refractivity contribution is 0.0303. The van der Waals surface area contributed by atoms with Gasteiger partial charge in [-0.05, 0) is 30.3 Å². The molecule has 0 spiro atoms.